The molecule has 0 bridgehead atoms. The van der Waals surface area contributed by atoms with E-state index in [9.17, 15) is 0 Å². The first kappa shape index (κ1) is 24.6. The highest BCUT2D eigenvalue weighted by Crippen LogP contribution is 2.29. The second-order valence-corrected chi connectivity index (χ2v) is 9.96. The highest BCUT2D eigenvalue weighted by molar-refractivity contribution is 5.96. The maximum absolute atomic E-state index is 5.74. The third kappa shape index (κ3) is 4.46. The summed E-state index contributed by atoms with van der Waals surface area (Å²) in [6.45, 7) is 6.46. The molecule has 4 aromatic carbocycles. The van der Waals surface area contributed by atoms with Gasteiger partial charge in [0.2, 0.25) is 0 Å². The Morgan fingerprint density at radius 1 is 0.732 bits per heavy atom. The summed E-state index contributed by atoms with van der Waals surface area (Å²) in [7, 11) is 0. The highest BCUT2D eigenvalue weighted by atomic mass is 16.3. The van der Waals surface area contributed by atoms with Crippen LogP contribution in [0.5, 0.6) is 0 Å². The molecule has 0 aliphatic heterocycles. The maximum Gasteiger partial charge on any atom is 0.160 e. The van der Waals surface area contributed by atoms with Crippen molar-refractivity contribution in [2.45, 2.75) is 6.92 Å². The summed E-state index contributed by atoms with van der Waals surface area (Å²) in [5, 5.41) is 4.19. The first-order valence-corrected chi connectivity index (χ1v) is 13.6. The fourth-order valence-corrected chi connectivity index (χ4v) is 5.32. The molecule has 7 rings (SSSR count). The third-order valence-electron chi connectivity index (χ3n) is 7.38. The van der Waals surface area contributed by atoms with Crippen LogP contribution in [0.15, 0.2) is 132 Å². The van der Waals surface area contributed by atoms with Crippen LogP contribution in [0.3, 0.4) is 0 Å². The molecule has 0 radical (unpaired) electrons. The minimum Gasteiger partial charge on any atom is -0.464 e. The predicted molar refractivity (Wildman–Crippen MR) is 169 cm³/mol. The molecule has 0 aliphatic carbocycles. The lowest BCUT2D eigenvalue weighted by atomic mass is 10.1. The molecular formula is C37H27N3O. The van der Waals surface area contributed by atoms with Crippen LogP contribution in [-0.4, -0.2) is 14.5 Å². The van der Waals surface area contributed by atoms with Crippen molar-refractivity contribution in [3.05, 3.63) is 138 Å². The molecule has 3 heterocycles. The van der Waals surface area contributed by atoms with Crippen LogP contribution in [0, 0.1) is 0 Å². The van der Waals surface area contributed by atoms with Gasteiger partial charge in [-0.2, -0.15) is 0 Å². The standard InChI is InChI=1S/C37H27N3O/c1-3-4-15-34-25(2)31-22-29-20-21-41-36(29)24-35(31)40(34)30-18-16-28(17-19-30)37-38-32(26-11-7-5-8-12-26)23-33(39-37)27-13-9-6-10-14-27/h3-24H,2H2,1H3/b4-3-,34-15+. The molecule has 0 fully saturated rings. The number of hydrogen-bond donors (Lipinski definition) is 0. The molecule has 0 N–H and O–H groups in total. The van der Waals surface area contributed by atoms with Crippen molar-refractivity contribution < 1.29 is 4.42 Å². The van der Waals surface area contributed by atoms with Crippen LogP contribution in [0.4, 0.5) is 0 Å². The van der Waals surface area contributed by atoms with Crippen molar-refractivity contribution >= 4 is 34.5 Å². The average Bonchev–Trinajstić information content (AvgIpc) is 3.61. The topological polar surface area (TPSA) is 43.9 Å². The van der Waals surface area contributed by atoms with Crippen LogP contribution in [-0.2, 0) is 0 Å². The van der Waals surface area contributed by atoms with E-state index in [0.29, 0.717) is 5.82 Å². The molecule has 196 valence electrons. The number of rotatable bonds is 5. The van der Waals surface area contributed by atoms with E-state index in [0.717, 1.165) is 66.2 Å². The molecule has 41 heavy (non-hydrogen) atoms. The van der Waals surface area contributed by atoms with Crippen molar-refractivity contribution in [1.82, 2.24) is 14.5 Å². The fraction of sp³-hybridized carbons (Fsp3) is 0.0270. The van der Waals surface area contributed by atoms with E-state index >= 15 is 0 Å². The Labute approximate surface area is 237 Å². The normalized spacial score (nSPS) is 12.2. The minimum absolute atomic E-state index is 0.685. The second-order valence-electron chi connectivity index (χ2n) is 9.96. The number of benzene rings is 4. The number of fused-ring (bicyclic) bond motifs is 2. The lowest BCUT2D eigenvalue weighted by molar-refractivity contribution is 0.616. The Bertz CT molecular complexity index is 2100. The molecule has 3 aromatic heterocycles. The number of aromatic nitrogens is 3. The summed E-state index contributed by atoms with van der Waals surface area (Å²) in [6, 6.07) is 37.2. The zero-order valence-electron chi connectivity index (χ0n) is 22.7. The Kier molecular flexibility index (Phi) is 6.14. The van der Waals surface area contributed by atoms with Crippen LogP contribution in [0.2, 0.25) is 0 Å². The smallest absolute Gasteiger partial charge is 0.160 e. The van der Waals surface area contributed by atoms with E-state index in [-0.39, 0.29) is 0 Å². The zero-order chi connectivity index (χ0) is 27.8. The van der Waals surface area contributed by atoms with Crippen molar-refractivity contribution in [1.29, 1.82) is 0 Å². The Balaban J connectivity index is 1.39. The van der Waals surface area contributed by atoms with Crippen LogP contribution in [0.25, 0.3) is 74.1 Å². The molecule has 0 saturated heterocycles. The van der Waals surface area contributed by atoms with Crippen LogP contribution < -0.4 is 10.6 Å². The van der Waals surface area contributed by atoms with Gasteiger partial charge in [-0.15, -0.1) is 0 Å². The summed E-state index contributed by atoms with van der Waals surface area (Å²) >= 11 is 0. The van der Waals surface area contributed by atoms with Gasteiger partial charge in [0.25, 0.3) is 0 Å². The molecule has 4 heteroatoms. The molecule has 0 aliphatic rings. The lowest BCUT2D eigenvalue weighted by Gasteiger charge is -2.11. The van der Waals surface area contributed by atoms with Gasteiger partial charge in [-0.25, -0.2) is 9.97 Å². The fourth-order valence-electron chi connectivity index (χ4n) is 5.32. The third-order valence-corrected chi connectivity index (χ3v) is 7.38. The summed E-state index contributed by atoms with van der Waals surface area (Å²) in [5.74, 6) is 0.685. The predicted octanol–water partition coefficient (Wildman–Crippen LogP) is 7.93. The number of furan rings is 1. The monoisotopic (exact) mass is 529 g/mol. The van der Waals surface area contributed by atoms with Crippen molar-refractivity contribution in [3.8, 4) is 39.6 Å². The van der Waals surface area contributed by atoms with Crippen LogP contribution >= 0.6 is 0 Å². The Morgan fingerprint density at radius 2 is 1.39 bits per heavy atom. The first-order chi connectivity index (χ1) is 20.2. The van der Waals surface area contributed by atoms with E-state index in [1.54, 1.807) is 6.26 Å². The molecule has 0 unspecified atom stereocenters. The summed E-state index contributed by atoms with van der Waals surface area (Å²) in [5.41, 5.74) is 7.77. The number of allylic oxidation sites excluding steroid dienone is 2. The Morgan fingerprint density at radius 3 is 2.02 bits per heavy atom. The molecule has 0 atom stereocenters. The van der Waals surface area contributed by atoms with E-state index in [1.807, 2.05) is 61.5 Å². The molecule has 0 spiro atoms. The van der Waals surface area contributed by atoms with Gasteiger partial charge in [-0.1, -0.05) is 79.4 Å². The first-order valence-electron chi connectivity index (χ1n) is 13.6. The van der Waals surface area contributed by atoms with Crippen molar-refractivity contribution in [3.63, 3.8) is 0 Å². The van der Waals surface area contributed by atoms with Gasteiger partial charge in [0, 0.05) is 44.4 Å². The largest absolute Gasteiger partial charge is 0.464 e. The summed E-state index contributed by atoms with van der Waals surface area (Å²) in [6.07, 6.45) is 7.91. The number of nitrogens with zero attached hydrogens (tertiary/aromatic N) is 3. The van der Waals surface area contributed by atoms with Crippen molar-refractivity contribution in [2.24, 2.45) is 0 Å². The lowest BCUT2D eigenvalue weighted by Crippen LogP contribution is -2.26. The maximum atomic E-state index is 5.74. The molecule has 0 amide bonds. The van der Waals surface area contributed by atoms with E-state index in [1.165, 1.54) is 0 Å². The van der Waals surface area contributed by atoms with Gasteiger partial charge < -0.3 is 8.98 Å². The summed E-state index contributed by atoms with van der Waals surface area (Å²) in [4.78, 5) is 9.97. The van der Waals surface area contributed by atoms with Gasteiger partial charge in [0.1, 0.15) is 5.58 Å². The molecular weight excluding hydrogens is 502 g/mol. The minimum atomic E-state index is 0.685. The average molecular weight is 530 g/mol. The molecule has 4 nitrogen and oxygen atoms in total. The highest BCUT2D eigenvalue weighted by Gasteiger charge is 2.14. The summed E-state index contributed by atoms with van der Waals surface area (Å²) < 4.78 is 7.98. The zero-order valence-corrected chi connectivity index (χ0v) is 22.7. The SMILES string of the molecule is C=c1/c(=C\C=C/C)n(-c2ccc(-c3nc(-c4ccccc4)cc(-c4ccccc4)n3)cc2)c2cc3occc3cc12. The van der Waals surface area contributed by atoms with E-state index in [2.05, 4.69) is 84.0 Å². The van der Waals surface area contributed by atoms with Gasteiger partial charge in [0.05, 0.1) is 28.5 Å². The van der Waals surface area contributed by atoms with Crippen molar-refractivity contribution in [2.75, 3.05) is 0 Å². The second kappa shape index (κ2) is 10.2. The quantitative estimate of drug-likeness (QED) is 0.227. The number of hydrogen-bond acceptors (Lipinski definition) is 3. The van der Waals surface area contributed by atoms with Crippen LogP contribution in [0.1, 0.15) is 6.92 Å². The van der Waals surface area contributed by atoms with Gasteiger partial charge in [0.15, 0.2) is 5.82 Å². The Hall–Kier alpha value is -5.48. The van der Waals surface area contributed by atoms with Gasteiger partial charge >= 0.3 is 0 Å². The van der Waals surface area contributed by atoms with Gasteiger partial charge in [-0.05, 0) is 55.5 Å². The molecule has 0 saturated carbocycles. The van der Waals surface area contributed by atoms with E-state index in [4.69, 9.17) is 14.4 Å². The van der Waals surface area contributed by atoms with E-state index < -0.39 is 0 Å². The van der Waals surface area contributed by atoms with Gasteiger partial charge in [-0.3, -0.25) is 0 Å². The molecule has 7 aromatic rings.